The number of hydrogen-bond donors (Lipinski definition) is 1. The van der Waals surface area contributed by atoms with E-state index in [1.54, 1.807) is 0 Å². The van der Waals surface area contributed by atoms with Crippen molar-refractivity contribution in [1.82, 2.24) is 4.90 Å². The van der Waals surface area contributed by atoms with E-state index in [1.165, 1.54) is 45.1 Å². The molecular weight excluding hydrogens is 184 g/mol. The van der Waals surface area contributed by atoms with Crippen LogP contribution in [0.5, 0.6) is 0 Å². The fourth-order valence-corrected chi connectivity index (χ4v) is 2.74. The van der Waals surface area contributed by atoms with Gasteiger partial charge in [0.05, 0.1) is 0 Å². The van der Waals surface area contributed by atoms with Crippen molar-refractivity contribution < 1.29 is 0 Å². The van der Waals surface area contributed by atoms with Crippen LogP contribution in [0.3, 0.4) is 0 Å². The lowest BCUT2D eigenvalue weighted by Crippen LogP contribution is -2.40. The van der Waals surface area contributed by atoms with Gasteiger partial charge in [-0.15, -0.1) is 0 Å². The summed E-state index contributed by atoms with van der Waals surface area (Å²) in [4.78, 5) is 2.66. The smallest absolute Gasteiger partial charge is 0.0108 e. The highest BCUT2D eigenvalue weighted by Crippen LogP contribution is 2.24. The summed E-state index contributed by atoms with van der Waals surface area (Å²) >= 11 is 0. The first-order chi connectivity index (χ1) is 7.31. The van der Waals surface area contributed by atoms with Gasteiger partial charge in [-0.1, -0.05) is 39.5 Å². The van der Waals surface area contributed by atoms with Crippen molar-refractivity contribution in [2.24, 2.45) is 11.7 Å². The van der Waals surface area contributed by atoms with Gasteiger partial charge in [0, 0.05) is 25.7 Å². The maximum absolute atomic E-state index is 5.71. The Balaban J connectivity index is 2.40. The molecule has 1 rings (SSSR count). The summed E-state index contributed by atoms with van der Waals surface area (Å²) in [5.41, 5.74) is 5.71. The third kappa shape index (κ3) is 4.12. The van der Waals surface area contributed by atoms with Crippen molar-refractivity contribution in [3.8, 4) is 0 Å². The second-order valence-electron chi connectivity index (χ2n) is 4.90. The fourth-order valence-electron chi connectivity index (χ4n) is 2.74. The van der Waals surface area contributed by atoms with E-state index in [1.807, 2.05) is 0 Å². The quantitative estimate of drug-likeness (QED) is 0.703. The van der Waals surface area contributed by atoms with Gasteiger partial charge in [0.1, 0.15) is 0 Å². The molecule has 1 fully saturated rings. The summed E-state index contributed by atoms with van der Waals surface area (Å²) in [6.45, 7) is 7.81. The first kappa shape index (κ1) is 13.0. The van der Waals surface area contributed by atoms with Gasteiger partial charge in [0.2, 0.25) is 0 Å². The highest BCUT2D eigenvalue weighted by Gasteiger charge is 2.23. The van der Waals surface area contributed by atoms with Crippen LogP contribution in [0.25, 0.3) is 0 Å². The third-order valence-corrected chi connectivity index (χ3v) is 3.90. The van der Waals surface area contributed by atoms with E-state index in [-0.39, 0.29) is 0 Å². The lowest BCUT2D eigenvalue weighted by Gasteiger charge is -2.31. The molecule has 0 heterocycles. The van der Waals surface area contributed by atoms with Crippen LogP contribution in [-0.4, -0.2) is 30.6 Å². The molecule has 0 aromatic carbocycles. The molecule has 0 radical (unpaired) electrons. The van der Waals surface area contributed by atoms with E-state index in [0.29, 0.717) is 0 Å². The molecule has 1 saturated carbocycles. The van der Waals surface area contributed by atoms with Crippen molar-refractivity contribution in [3.63, 3.8) is 0 Å². The SMILES string of the molecule is CCC(CC)CN(CCN)C1CCCC1. The molecule has 0 amide bonds. The highest BCUT2D eigenvalue weighted by molar-refractivity contribution is 4.79. The summed E-state index contributed by atoms with van der Waals surface area (Å²) in [5, 5.41) is 0. The maximum atomic E-state index is 5.71. The third-order valence-electron chi connectivity index (χ3n) is 3.90. The maximum Gasteiger partial charge on any atom is 0.0108 e. The monoisotopic (exact) mass is 212 g/mol. The second kappa shape index (κ2) is 7.24. The van der Waals surface area contributed by atoms with Crippen molar-refractivity contribution in [1.29, 1.82) is 0 Å². The van der Waals surface area contributed by atoms with Crippen LogP contribution in [0.4, 0.5) is 0 Å². The van der Waals surface area contributed by atoms with Gasteiger partial charge in [-0.25, -0.2) is 0 Å². The van der Waals surface area contributed by atoms with E-state index in [2.05, 4.69) is 18.7 Å². The van der Waals surface area contributed by atoms with Crippen molar-refractivity contribution >= 4 is 0 Å². The van der Waals surface area contributed by atoms with Gasteiger partial charge < -0.3 is 5.73 Å². The molecular formula is C13H28N2. The van der Waals surface area contributed by atoms with Crippen molar-refractivity contribution in [2.45, 2.75) is 58.4 Å². The van der Waals surface area contributed by atoms with Crippen LogP contribution in [0, 0.1) is 5.92 Å². The Morgan fingerprint density at radius 3 is 2.27 bits per heavy atom. The molecule has 0 aromatic heterocycles. The summed E-state index contributed by atoms with van der Waals surface area (Å²) in [5.74, 6) is 0.872. The van der Waals surface area contributed by atoms with Crippen LogP contribution < -0.4 is 5.73 Å². The molecule has 0 saturated heterocycles. The van der Waals surface area contributed by atoms with E-state index in [4.69, 9.17) is 5.73 Å². The Hall–Kier alpha value is -0.0800. The van der Waals surface area contributed by atoms with Crippen LogP contribution in [0.1, 0.15) is 52.4 Å². The van der Waals surface area contributed by atoms with Gasteiger partial charge in [-0.3, -0.25) is 4.90 Å². The number of nitrogens with two attached hydrogens (primary N) is 1. The lowest BCUT2D eigenvalue weighted by molar-refractivity contribution is 0.168. The molecule has 2 heteroatoms. The molecule has 0 aliphatic heterocycles. The standard InChI is InChI=1S/C13H28N2/c1-3-12(4-2)11-15(10-9-14)13-7-5-6-8-13/h12-13H,3-11,14H2,1-2H3. The zero-order chi connectivity index (χ0) is 11.1. The summed E-state index contributed by atoms with van der Waals surface area (Å²) in [7, 11) is 0. The van der Waals surface area contributed by atoms with Gasteiger partial charge in [0.15, 0.2) is 0 Å². The molecule has 0 bridgehead atoms. The highest BCUT2D eigenvalue weighted by atomic mass is 15.2. The molecule has 0 aromatic rings. The topological polar surface area (TPSA) is 29.3 Å². The predicted molar refractivity (Wildman–Crippen MR) is 67.0 cm³/mol. The number of rotatable bonds is 7. The van der Waals surface area contributed by atoms with E-state index >= 15 is 0 Å². The Morgan fingerprint density at radius 1 is 1.20 bits per heavy atom. The zero-order valence-electron chi connectivity index (χ0n) is 10.5. The summed E-state index contributed by atoms with van der Waals surface area (Å²) in [6.07, 6.45) is 8.28. The number of nitrogens with zero attached hydrogens (tertiary/aromatic N) is 1. The van der Waals surface area contributed by atoms with Gasteiger partial charge in [-0.05, 0) is 18.8 Å². The Morgan fingerprint density at radius 2 is 1.80 bits per heavy atom. The molecule has 2 N–H and O–H groups in total. The van der Waals surface area contributed by atoms with E-state index in [9.17, 15) is 0 Å². The van der Waals surface area contributed by atoms with Crippen LogP contribution in [0.15, 0.2) is 0 Å². The first-order valence-electron chi connectivity index (χ1n) is 6.75. The van der Waals surface area contributed by atoms with E-state index in [0.717, 1.165) is 25.0 Å². The van der Waals surface area contributed by atoms with Gasteiger partial charge >= 0.3 is 0 Å². The average molecular weight is 212 g/mol. The largest absolute Gasteiger partial charge is 0.329 e. The van der Waals surface area contributed by atoms with Crippen LogP contribution >= 0.6 is 0 Å². The normalized spacial score (nSPS) is 18.2. The molecule has 1 aliphatic rings. The Bertz CT molecular complexity index is 149. The molecule has 15 heavy (non-hydrogen) atoms. The first-order valence-corrected chi connectivity index (χ1v) is 6.75. The fraction of sp³-hybridized carbons (Fsp3) is 1.00. The van der Waals surface area contributed by atoms with Crippen molar-refractivity contribution in [2.75, 3.05) is 19.6 Å². The predicted octanol–water partition coefficient (Wildman–Crippen LogP) is 2.63. The summed E-state index contributed by atoms with van der Waals surface area (Å²) in [6, 6.07) is 0.842. The van der Waals surface area contributed by atoms with Crippen LogP contribution in [0.2, 0.25) is 0 Å². The van der Waals surface area contributed by atoms with E-state index < -0.39 is 0 Å². The minimum atomic E-state index is 0.816. The number of hydrogen-bond acceptors (Lipinski definition) is 2. The average Bonchev–Trinajstić information content (AvgIpc) is 2.77. The Kier molecular flexibility index (Phi) is 6.26. The molecule has 0 unspecified atom stereocenters. The molecule has 0 spiro atoms. The Labute approximate surface area is 95.2 Å². The van der Waals surface area contributed by atoms with Crippen molar-refractivity contribution in [3.05, 3.63) is 0 Å². The zero-order valence-corrected chi connectivity index (χ0v) is 10.5. The van der Waals surface area contributed by atoms with Crippen LogP contribution in [-0.2, 0) is 0 Å². The second-order valence-corrected chi connectivity index (χ2v) is 4.90. The molecule has 90 valence electrons. The van der Waals surface area contributed by atoms with Gasteiger partial charge in [-0.2, -0.15) is 0 Å². The minimum Gasteiger partial charge on any atom is -0.329 e. The lowest BCUT2D eigenvalue weighted by atomic mass is 10.0. The minimum absolute atomic E-state index is 0.816. The molecule has 1 aliphatic carbocycles. The van der Waals surface area contributed by atoms with Gasteiger partial charge in [0.25, 0.3) is 0 Å². The summed E-state index contributed by atoms with van der Waals surface area (Å²) < 4.78 is 0. The molecule has 2 nitrogen and oxygen atoms in total. The molecule has 0 atom stereocenters.